The molecule has 30 heavy (non-hydrogen) atoms. The van der Waals surface area contributed by atoms with Gasteiger partial charge in [0.15, 0.2) is 0 Å². The maximum Gasteiger partial charge on any atom is 0.225 e. The van der Waals surface area contributed by atoms with Gasteiger partial charge in [0.2, 0.25) is 5.95 Å². The predicted molar refractivity (Wildman–Crippen MR) is 121 cm³/mol. The number of para-hydroxylation sites is 1. The maximum atomic E-state index is 4.86. The number of nitrogens with zero attached hydrogens (tertiary/aromatic N) is 6. The van der Waals surface area contributed by atoms with Crippen molar-refractivity contribution in [1.29, 1.82) is 0 Å². The van der Waals surface area contributed by atoms with E-state index >= 15 is 0 Å². The van der Waals surface area contributed by atoms with Gasteiger partial charge < -0.3 is 4.90 Å². The molecule has 1 aliphatic heterocycles. The van der Waals surface area contributed by atoms with Crippen molar-refractivity contribution in [2.45, 2.75) is 39.0 Å². The monoisotopic (exact) mass is 404 g/mol. The van der Waals surface area contributed by atoms with E-state index in [9.17, 15) is 0 Å². The van der Waals surface area contributed by atoms with Crippen LogP contribution in [0.1, 0.15) is 37.6 Å². The van der Waals surface area contributed by atoms with Gasteiger partial charge >= 0.3 is 0 Å². The van der Waals surface area contributed by atoms with Crippen LogP contribution >= 0.6 is 0 Å². The Labute approximate surface area is 179 Å². The van der Waals surface area contributed by atoms with E-state index in [0.717, 1.165) is 63.6 Å². The summed E-state index contributed by atoms with van der Waals surface area (Å²) in [6.45, 7) is 7.55. The summed E-state index contributed by atoms with van der Waals surface area (Å²) in [5, 5.41) is 4.86. The first kappa shape index (κ1) is 20.5. The molecule has 0 atom stereocenters. The summed E-state index contributed by atoms with van der Waals surface area (Å²) in [4.78, 5) is 13.6. The molecule has 1 aliphatic rings. The molecule has 6 heteroatoms. The lowest BCUT2D eigenvalue weighted by molar-refractivity contribution is 0.251. The molecule has 0 bridgehead atoms. The normalized spacial score (nSPS) is 14.9. The molecule has 0 amide bonds. The SMILES string of the molecule is CCCc1cc(CCCCN2CCN(c3ncccn3)CC2)n(-c2ccccc2)n1. The van der Waals surface area contributed by atoms with Crippen LogP contribution in [-0.4, -0.2) is 57.4 Å². The molecule has 0 unspecified atom stereocenters. The van der Waals surface area contributed by atoms with E-state index in [1.807, 2.05) is 18.5 Å². The minimum absolute atomic E-state index is 0.856. The van der Waals surface area contributed by atoms with Gasteiger partial charge in [-0.15, -0.1) is 0 Å². The van der Waals surface area contributed by atoms with E-state index in [4.69, 9.17) is 5.10 Å². The molecule has 3 aromatic rings. The lowest BCUT2D eigenvalue weighted by atomic mass is 10.1. The Balaban J connectivity index is 1.26. The van der Waals surface area contributed by atoms with Crippen LogP contribution in [0, 0.1) is 0 Å². The van der Waals surface area contributed by atoms with Gasteiger partial charge in [0.05, 0.1) is 11.4 Å². The molecule has 3 heterocycles. The van der Waals surface area contributed by atoms with Crippen LogP contribution in [0.2, 0.25) is 0 Å². The molecule has 0 spiro atoms. The minimum atomic E-state index is 0.856. The highest BCUT2D eigenvalue weighted by atomic mass is 15.3. The Hall–Kier alpha value is -2.73. The highest BCUT2D eigenvalue weighted by Crippen LogP contribution is 2.17. The van der Waals surface area contributed by atoms with Gasteiger partial charge in [0.1, 0.15) is 0 Å². The smallest absolute Gasteiger partial charge is 0.225 e. The van der Waals surface area contributed by atoms with Gasteiger partial charge in [-0.25, -0.2) is 14.6 Å². The molecule has 0 saturated carbocycles. The fourth-order valence-electron chi connectivity index (χ4n) is 4.09. The van der Waals surface area contributed by atoms with E-state index in [1.54, 1.807) is 0 Å². The standard InChI is InChI=1S/C24H32N6/c1-2-9-21-20-23(30(27-21)22-10-4-3-5-11-22)12-6-7-15-28-16-18-29(19-17-28)24-25-13-8-14-26-24/h3-5,8,10-11,13-14,20H,2,6-7,9,12,15-19H2,1H3. The molecule has 2 aromatic heterocycles. The van der Waals surface area contributed by atoms with Gasteiger partial charge in [-0.2, -0.15) is 5.10 Å². The number of hydrogen-bond donors (Lipinski definition) is 0. The van der Waals surface area contributed by atoms with Gasteiger partial charge in [-0.3, -0.25) is 4.90 Å². The second-order valence-corrected chi connectivity index (χ2v) is 7.96. The summed E-state index contributed by atoms with van der Waals surface area (Å²) in [6.07, 6.45) is 9.29. The number of anilines is 1. The second kappa shape index (κ2) is 10.3. The highest BCUT2D eigenvalue weighted by molar-refractivity contribution is 5.33. The molecule has 1 saturated heterocycles. The topological polar surface area (TPSA) is 50.1 Å². The zero-order valence-corrected chi connectivity index (χ0v) is 18.0. The zero-order valence-electron chi connectivity index (χ0n) is 18.0. The zero-order chi connectivity index (χ0) is 20.6. The number of rotatable bonds is 9. The summed E-state index contributed by atoms with van der Waals surface area (Å²) >= 11 is 0. The van der Waals surface area contributed by atoms with Crippen LogP contribution in [0.15, 0.2) is 54.9 Å². The fraction of sp³-hybridized carbons (Fsp3) is 0.458. The molecule has 0 aliphatic carbocycles. The molecule has 4 rings (SSSR count). The molecule has 6 nitrogen and oxygen atoms in total. The van der Waals surface area contributed by atoms with Crippen LogP contribution in [0.5, 0.6) is 0 Å². The maximum absolute atomic E-state index is 4.86. The summed E-state index contributed by atoms with van der Waals surface area (Å²) < 4.78 is 2.14. The average molecular weight is 405 g/mol. The molecule has 1 aromatic carbocycles. The Morgan fingerprint density at radius 3 is 2.37 bits per heavy atom. The van der Waals surface area contributed by atoms with E-state index in [-0.39, 0.29) is 0 Å². The van der Waals surface area contributed by atoms with Crippen molar-refractivity contribution in [1.82, 2.24) is 24.6 Å². The number of benzene rings is 1. The van der Waals surface area contributed by atoms with Gasteiger partial charge in [0, 0.05) is 44.3 Å². The van der Waals surface area contributed by atoms with Crippen LogP contribution in [0.4, 0.5) is 5.95 Å². The third kappa shape index (κ3) is 5.25. The van der Waals surface area contributed by atoms with Gasteiger partial charge in [-0.1, -0.05) is 31.5 Å². The minimum Gasteiger partial charge on any atom is -0.338 e. The Bertz CT molecular complexity index is 885. The van der Waals surface area contributed by atoms with E-state index < -0.39 is 0 Å². The number of aryl methyl sites for hydroxylation is 2. The Morgan fingerprint density at radius 2 is 1.63 bits per heavy atom. The van der Waals surface area contributed by atoms with Crippen molar-refractivity contribution >= 4 is 5.95 Å². The third-order valence-electron chi connectivity index (χ3n) is 5.71. The van der Waals surface area contributed by atoms with E-state index in [0.29, 0.717) is 0 Å². The first-order chi connectivity index (χ1) is 14.8. The van der Waals surface area contributed by atoms with Crippen molar-refractivity contribution in [3.05, 3.63) is 66.2 Å². The van der Waals surface area contributed by atoms with Crippen LogP contribution in [-0.2, 0) is 12.8 Å². The Kier molecular flexibility index (Phi) is 7.08. The summed E-state index contributed by atoms with van der Waals surface area (Å²) in [6, 6.07) is 14.7. The van der Waals surface area contributed by atoms with Crippen molar-refractivity contribution in [2.24, 2.45) is 0 Å². The Morgan fingerprint density at radius 1 is 0.867 bits per heavy atom. The summed E-state index contributed by atoms with van der Waals surface area (Å²) in [5.41, 5.74) is 3.69. The number of unbranched alkanes of at least 4 members (excludes halogenated alkanes) is 1. The van der Waals surface area contributed by atoms with Gasteiger partial charge in [0.25, 0.3) is 0 Å². The molecular formula is C24H32N6. The first-order valence-corrected chi connectivity index (χ1v) is 11.2. The van der Waals surface area contributed by atoms with Crippen molar-refractivity contribution in [3.8, 4) is 5.69 Å². The van der Waals surface area contributed by atoms with E-state index in [2.05, 4.69) is 67.8 Å². The average Bonchev–Trinajstić information content (AvgIpc) is 3.21. The molecule has 0 radical (unpaired) electrons. The van der Waals surface area contributed by atoms with Crippen molar-refractivity contribution < 1.29 is 0 Å². The van der Waals surface area contributed by atoms with Crippen LogP contribution < -0.4 is 4.90 Å². The lowest BCUT2D eigenvalue weighted by Crippen LogP contribution is -2.47. The molecular weight excluding hydrogens is 372 g/mol. The number of piperazine rings is 1. The van der Waals surface area contributed by atoms with E-state index in [1.165, 1.54) is 24.2 Å². The van der Waals surface area contributed by atoms with Crippen LogP contribution in [0.25, 0.3) is 5.69 Å². The molecule has 158 valence electrons. The van der Waals surface area contributed by atoms with Gasteiger partial charge in [-0.05, 0) is 56.5 Å². The van der Waals surface area contributed by atoms with Crippen LogP contribution in [0.3, 0.4) is 0 Å². The fourth-order valence-corrected chi connectivity index (χ4v) is 4.09. The number of aromatic nitrogens is 4. The number of hydrogen-bond acceptors (Lipinski definition) is 5. The third-order valence-corrected chi connectivity index (χ3v) is 5.71. The van der Waals surface area contributed by atoms with Crippen molar-refractivity contribution in [2.75, 3.05) is 37.6 Å². The summed E-state index contributed by atoms with van der Waals surface area (Å²) in [7, 11) is 0. The molecule has 1 fully saturated rings. The quantitative estimate of drug-likeness (QED) is 0.508. The molecule has 0 N–H and O–H groups in total. The first-order valence-electron chi connectivity index (χ1n) is 11.2. The summed E-state index contributed by atoms with van der Waals surface area (Å²) in [5.74, 6) is 0.856. The predicted octanol–water partition coefficient (Wildman–Crippen LogP) is 3.76. The van der Waals surface area contributed by atoms with Crippen molar-refractivity contribution in [3.63, 3.8) is 0 Å². The second-order valence-electron chi connectivity index (χ2n) is 7.96. The lowest BCUT2D eigenvalue weighted by Gasteiger charge is -2.34. The highest BCUT2D eigenvalue weighted by Gasteiger charge is 2.18. The largest absolute Gasteiger partial charge is 0.338 e.